The van der Waals surface area contributed by atoms with Gasteiger partial charge in [-0.1, -0.05) is 0 Å². The Morgan fingerprint density at radius 2 is 2.20 bits per heavy atom. The van der Waals surface area contributed by atoms with Gasteiger partial charge in [0, 0.05) is 29.3 Å². The molecule has 104 valence electrons. The largest absolute Gasteiger partial charge is 0.493 e. The minimum Gasteiger partial charge on any atom is -0.493 e. The number of thioether (sulfide) groups is 1. The van der Waals surface area contributed by atoms with Crippen LogP contribution in [-0.2, 0) is 7.05 Å². The van der Waals surface area contributed by atoms with Crippen molar-refractivity contribution in [2.24, 2.45) is 7.05 Å². The Bertz CT molecular complexity index is 714. The summed E-state index contributed by atoms with van der Waals surface area (Å²) >= 11 is 7.77. The summed E-state index contributed by atoms with van der Waals surface area (Å²) in [5.74, 6) is 0.276. The topological polar surface area (TPSA) is 58.4 Å². The molecule has 0 radical (unpaired) electrons. The highest BCUT2D eigenvalue weighted by Gasteiger charge is 2.26. The van der Waals surface area contributed by atoms with Crippen molar-refractivity contribution in [2.45, 2.75) is 11.8 Å². The molecule has 0 fully saturated rings. The fourth-order valence-corrected chi connectivity index (χ4v) is 3.63. The number of carbonyl (C=O) groups excluding carboxylic acids is 1. The van der Waals surface area contributed by atoms with Crippen LogP contribution in [0, 0.1) is 6.92 Å². The molecule has 1 aliphatic rings. The second-order valence-corrected chi connectivity index (χ2v) is 5.95. The molecule has 1 aromatic heterocycles. The number of ketones is 1. The van der Waals surface area contributed by atoms with Crippen LogP contribution in [0.2, 0.25) is 0 Å². The molecular weight excluding hydrogens is 298 g/mol. The second kappa shape index (κ2) is 4.71. The van der Waals surface area contributed by atoms with Gasteiger partial charge >= 0.3 is 0 Å². The predicted octanol–water partition coefficient (Wildman–Crippen LogP) is 2.69. The van der Waals surface area contributed by atoms with Crippen molar-refractivity contribution in [3.63, 3.8) is 0 Å². The van der Waals surface area contributed by atoms with E-state index in [0.717, 1.165) is 16.1 Å². The average Bonchev–Trinajstić information content (AvgIpc) is 2.95. The second-order valence-electron chi connectivity index (χ2n) is 4.56. The number of rotatable bonds is 2. The number of nitrogens with zero attached hydrogens (tertiary/aromatic N) is 3. The van der Waals surface area contributed by atoms with Crippen LogP contribution in [0.5, 0.6) is 5.88 Å². The Labute approximate surface area is 125 Å². The van der Waals surface area contributed by atoms with E-state index in [4.69, 9.17) is 11.8 Å². The molecule has 0 bridgehead atoms. The normalized spacial score (nSPS) is 13.7. The Hall–Kier alpha value is -1.66. The summed E-state index contributed by atoms with van der Waals surface area (Å²) < 4.78 is 2.87. The van der Waals surface area contributed by atoms with Crippen LogP contribution in [0.15, 0.2) is 23.2 Å². The SMILES string of the molecule is Cc1c(C(=O)c2cnn(C)c2O)ccc2c1N(Cl)CS2. The van der Waals surface area contributed by atoms with Crippen molar-refractivity contribution in [1.82, 2.24) is 9.78 Å². The van der Waals surface area contributed by atoms with Gasteiger partial charge in [-0.05, 0) is 24.6 Å². The minimum atomic E-state index is -0.252. The maximum Gasteiger partial charge on any atom is 0.220 e. The number of halogens is 1. The van der Waals surface area contributed by atoms with Gasteiger partial charge in [-0.2, -0.15) is 5.10 Å². The maximum atomic E-state index is 12.5. The molecule has 0 saturated carbocycles. The van der Waals surface area contributed by atoms with Gasteiger partial charge in [0.2, 0.25) is 5.88 Å². The molecule has 1 aliphatic heterocycles. The first kappa shape index (κ1) is 13.3. The van der Waals surface area contributed by atoms with E-state index in [1.54, 1.807) is 29.3 Å². The summed E-state index contributed by atoms with van der Waals surface area (Å²) in [6, 6.07) is 3.65. The van der Waals surface area contributed by atoms with Crippen LogP contribution in [0.1, 0.15) is 21.5 Å². The van der Waals surface area contributed by atoms with Gasteiger partial charge in [0.25, 0.3) is 0 Å². The van der Waals surface area contributed by atoms with Crippen molar-refractivity contribution >= 4 is 35.0 Å². The molecule has 5 nitrogen and oxygen atoms in total. The summed E-state index contributed by atoms with van der Waals surface area (Å²) in [6.07, 6.45) is 1.37. The molecule has 0 unspecified atom stereocenters. The summed E-state index contributed by atoms with van der Waals surface area (Å²) in [5, 5.41) is 13.7. The highest BCUT2D eigenvalue weighted by Crippen LogP contribution is 2.43. The number of carbonyl (C=O) groups is 1. The summed E-state index contributed by atoms with van der Waals surface area (Å²) in [6.45, 7) is 1.86. The molecular formula is C13H12ClN3O2S. The van der Waals surface area contributed by atoms with E-state index in [-0.39, 0.29) is 17.2 Å². The lowest BCUT2D eigenvalue weighted by Gasteiger charge is -2.13. The van der Waals surface area contributed by atoms with E-state index in [1.165, 1.54) is 10.9 Å². The average molecular weight is 310 g/mol. The van der Waals surface area contributed by atoms with Crippen molar-refractivity contribution in [2.75, 3.05) is 10.3 Å². The zero-order chi connectivity index (χ0) is 14.4. The maximum absolute atomic E-state index is 12.5. The molecule has 7 heteroatoms. The molecule has 1 N–H and O–H groups in total. The van der Waals surface area contributed by atoms with Crippen molar-refractivity contribution in [3.05, 3.63) is 35.0 Å². The van der Waals surface area contributed by atoms with Gasteiger partial charge in [-0.25, -0.2) is 4.68 Å². The quantitative estimate of drug-likeness (QED) is 0.683. The Balaban J connectivity index is 2.10. The number of benzene rings is 1. The van der Waals surface area contributed by atoms with Crippen LogP contribution in [0.4, 0.5) is 5.69 Å². The summed E-state index contributed by atoms with van der Waals surface area (Å²) in [7, 11) is 1.58. The fraction of sp³-hybridized carbons (Fsp3) is 0.231. The van der Waals surface area contributed by atoms with Crippen molar-refractivity contribution < 1.29 is 9.90 Å². The van der Waals surface area contributed by atoms with E-state index < -0.39 is 0 Å². The van der Waals surface area contributed by atoms with E-state index in [9.17, 15) is 9.90 Å². The third kappa shape index (κ3) is 1.87. The number of anilines is 1. The molecule has 20 heavy (non-hydrogen) atoms. The predicted molar refractivity (Wildman–Crippen MR) is 78.5 cm³/mol. The van der Waals surface area contributed by atoms with Gasteiger partial charge in [0.15, 0.2) is 5.78 Å². The van der Waals surface area contributed by atoms with Crippen LogP contribution in [0.25, 0.3) is 0 Å². The molecule has 0 saturated heterocycles. The van der Waals surface area contributed by atoms with E-state index in [1.807, 2.05) is 13.0 Å². The summed E-state index contributed by atoms with van der Waals surface area (Å²) in [5.41, 5.74) is 2.41. The Morgan fingerprint density at radius 1 is 1.45 bits per heavy atom. The van der Waals surface area contributed by atoms with E-state index in [0.29, 0.717) is 11.4 Å². The van der Waals surface area contributed by atoms with Crippen LogP contribution in [0.3, 0.4) is 0 Å². The monoisotopic (exact) mass is 309 g/mol. The van der Waals surface area contributed by atoms with E-state index in [2.05, 4.69) is 5.10 Å². The van der Waals surface area contributed by atoms with Gasteiger partial charge in [0.05, 0.1) is 17.8 Å². The fourth-order valence-electron chi connectivity index (χ4n) is 2.27. The molecule has 0 spiro atoms. The highest BCUT2D eigenvalue weighted by atomic mass is 35.5. The number of aryl methyl sites for hydroxylation is 1. The molecule has 2 aromatic rings. The van der Waals surface area contributed by atoms with Gasteiger partial charge in [-0.15, -0.1) is 11.8 Å². The highest BCUT2D eigenvalue weighted by molar-refractivity contribution is 8.00. The number of fused-ring (bicyclic) bond motifs is 1. The first-order valence-electron chi connectivity index (χ1n) is 5.96. The molecule has 0 aliphatic carbocycles. The van der Waals surface area contributed by atoms with Crippen LogP contribution < -0.4 is 4.42 Å². The van der Waals surface area contributed by atoms with Crippen molar-refractivity contribution in [3.8, 4) is 5.88 Å². The van der Waals surface area contributed by atoms with Crippen LogP contribution >= 0.6 is 23.5 Å². The molecule has 2 heterocycles. The third-order valence-electron chi connectivity index (χ3n) is 3.37. The number of aromatic nitrogens is 2. The third-order valence-corrected chi connectivity index (χ3v) is 4.82. The minimum absolute atomic E-state index is 0.132. The Kier molecular flexibility index (Phi) is 3.14. The van der Waals surface area contributed by atoms with E-state index >= 15 is 0 Å². The molecule has 0 atom stereocenters. The molecule has 1 aromatic carbocycles. The van der Waals surface area contributed by atoms with Gasteiger partial charge in [0.1, 0.15) is 5.56 Å². The number of aromatic hydroxyl groups is 1. The van der Waals surface area contributed by atoms with Gasteiger partial charge in [-0.3, -0.25) is 9.21 Å². The number of hydrogen-bond donors (Lipinski definition) is 1. The Morgan fingerprint density at radius 3 is 2.85 bits per heavy atom. The molecule has 0 amide bonds. The zero-order valence-electron chi connectivity index (χ0n) is 10.9. The first-order chi connectivity index (χ1) is 9.50. The standard InChI is InChI=1S/C13H12ClN3O2S/c1-7-8(3-4-10-11(7)17(14)6-20-10)12(18)9-5-15-16(2)13(9)19/h3-5,19H,6H2,1-2H3. The lowest BCUT2D eigenvalue weighted by molar-refractivity contribution is 0.103. The number of hydrogen-bond acceptors (Lipinski definition) is 5. The smallest absolute Gasteiger partial charge is 0.220 e. The summed E-state index contributed by atoms with van der Waals surface area (Å²) in [4.78, 5) is 13.6. The zero-order valence-corrected chi connectivity index (χ0v) is 12.5. The lowest BCUT2D eigenvalue weighted by Crippen LogP contribution is -2.09. The van der Waals surface area contributed by atoms with Crippen molar-refractivity contribution in [1.29, 1.82) is 0 Å². The lowest BCUT2D eigenvalue weighted by atomic mass is 9.99. The van der Waals surface area contributed by atoms with Crippen LogP contribution in [-0.4, -0.2) is 26.5 Å². The first-order valence-corrected chi connectivity index (χ1v) is 7.28. The van der Waals surface area contributed by atoms with Gasteiger partial charge < -0.3 is 5.11 Å². The molecule has 3 rings (SSSR count).